The average Bonchev–Trinajstić information content (AvgIpc) is 2.88. The van der Waals surface area contributed by atoms with Gasteiger partial charge in [-0.25, -0.2) is 0 Å². The Morgan fingerprint density at radius 1 is 1.17 bits per heavy atom. The lowest BCUT2D eigenvalue weighted by Crippen LogP contribution is -2.41. The fourth-order valence-corrected chi connectivity index (χ4v) is 2.00. The number of halogens is 1. The predicted molar refractivity (Wildman–Crippen MR) is 88.5 cm³/mol. The highest BCUT2D eigenvalue weighted by atomic mass is 35.5. The first kappa shape index (κ1) is 17.0. The SMILES string of the molecule is Cc1cc(NC(=O)C(C)(C)C(=O)Nc2cccc(Cl)c2C)no1. The van der Waals surface area contributed by atoms with Crippen molar-refractivity contribution in [3.8, 4) is 0 Å². The quantitative estimate of drug-likeness (QED) is 0.837. The van der Waals surface area contributed by atoms with Gasteiger partial charge < -0.3 is 15.2 Å². The van der Waals surface area contributed by atoms with Gasteiger partial charge in [-0.15, -0.1) is 0 Å². The van der Waals surface area contributed by atoms with E-state index in [2.05, 4.69) is 15.8 Å². The van der Waals surface area contributed by atoms with E-state index in [-0.39, 0.29) is 5.82 Å². The second kappa shape index (κ2) is 6.42. The Kier molecular flexibility index (Phi) is 4.75. The van der Waals surface area contributed by atoms with Crippen LogP contribution < -0.4 is 10.6 Å². The Morgan fingerprint density at radius 3 is 2.43 bits per heavy atom. The lowest BCUT2D eigenvalue weighted by Gasteiger charge is -2.22. The molecule has 0 fully saturated rings. The largest absolute Gasteiger partial charge is 0.360 e. The molecule has 0 aliphatic heterocycles. The van der Waals surface area contributed by atoms with E-state index in [1.807, 2.05) is 0 Å². The molecule has 0 spiro atoms. The van der Waals surface area contributed by atoms with Crippen molar-refractivity contribution in [3.05, 3.63) is 40.6 Å². The minimum Gasteiger partial charge on any atom is -0.360 e. The van der Waals surface area contributed by atoms with Crippen LogP contribution in [0.2, 0.25) is 5.02 Å². The zero-order valence-electron chi connectivity index (χ0n) is 13.4. The molecule has 7 heteroatoms. The molecule has 0 aliphatic rings. The van der Waals surface area contributed by atoms with Crippen LogP contribution in [0.1, 0.15) is 25.2 Å². The number of anilines is 2. The van der Waals surface area contributed by atoms with Crippen LogP contribution in [0.4, 0.5) is 11.5 Å². The fourth-order valence-electron chi connectivity index (χ4n) is 1.82. The van der Waals surface area contributed by atoms with E-state index in [0.717, 1.165) is 5.56 Å². The van der Waals surface area contributed by atoms with Crippen molar-refractivity contribution in [1.82, 2.24) is 5.16 Å². The summed E-state index contributed by atoms with van der Waals surface area (Å²) >= 11 is 6.03. The number of amides is 2. The summed E-state index contributed by atoms with van der Waals surface area (Å²) in [6.45, 7) is 6.57. The van der Waals surface area contributed by atoms with Crippen LogP contribution in [0, 0.1) is 19.3 Å². The van der Waals surface area contributed by atoms with E-state index in [0.29, 0.717) is 16.5 Å². The van der Waals surface area contributed by atoms with Crippen molar-refractivity contribution in [1.29, 1.82) is 0 Å². The van der Waals surface area contributed by atoms with Gasteiger partial charge in [-0.05, 0) is 45.4 Å². The molecule has 0 unspecified atom stereocenters. The van der Waals surface area contributed by atoms with Crippen molar-refractivity contribution < 1.29 is 14.1 Å². The number of aromatic nitrogens is 1. The minimum atomic E-state index is -1.30. The first-order chi connectivity index (χ1) is 10.7. The molecule has 0 aliphatic carbocycles. The molecule has 2 aromatic rings. The smallest absolute Gasteiger partial charge is 0.240 e. The monoisotopic (exact) mass is 335 g/mol. The number of rotatable bonds is 4. The first-order valence-electron chi connectivity index (χ1n) is 7.03. The zero-order valence-corrected chi connectivity index (χ0v) is 14.1. The summed E-state index contributed by atoms with van der Waals surface area (Å²) in [7, 11) is 0. The summed E-state index contributed by atoms with van der Waals surface area (Å²) in [6.07, 6.45) is 0. The van der Waals surface area contributed by atoms with Crippen LogP contribution in [-0.2, 0) is 9.59 Å². The highest BCUT2D eigenvalue weighted by Gasteiger charge is 2.36. The Balaban J connectivity index is 2.12. The molecule has 2 amide bonds. The van der Waals surface area contributed by atoms with Gasteiger partial charge in [0.05, 0.1) is 0 Å². The topological polar surface area (TPSA) is 84.2 Å². The lowest BCUT2D eigenvalue weighted by molar-refractivity contribution is -0.135. The second-order valence-corrected chi connectivity index (χ2v) is 6.18. The first-order valence-corrected chi connectivity index (χ1v) is 7.41. The third kappa shape index (κ3) is 3.71. The van der Waals surface area contributed by atoms with Crippen LogP contribution in [0.15, 0.2) is 28.8 Å². The van der Waals surface area contributed by atoms with E-state index >= 15 is 0 Å². The molecule has 2 rings (SSSR count). The summed E-state index contributed by atoms with van der Waals surface area (Å²) in [5.41, 5.74) is 0.00762. The molecular formula is C16H18ClN3O3. The number of aryl methyl sites for hydroxylation is 1. The van der Waals surface area contributed by atoms with Crippen molar-refractivity contribution in [2.24, 2.45) is 5.41 Å². The van der Waals surface area contributed by atoms with Crippen LogP contribution in [-0.4, -0.2) is 17.0 Å². The number of carbonyl (C=O) groups excluding carboxylic acids is 2. The Bertz CT molecular complexity index is 753. The van der Waals surface area contributed by atoms with Gasteiger partial charge in [-0.1, -0.05) is 22.8 Å². The molecule has 6 nitrogen and oxygen atoms in total. The van der Waals surface area contributed by atoms with Crippen LogP contribution >= 0.6 is 11.6 Å². The van der Waals surface area contributed by atoms with Crippen molar-refractivity contribution >= 4 is 34.9 Å². The van der Waals surface area contributed by atoms with Gasteiger partial charge in [0.1, 0.15) is 11.2 Å². The third-order valence-electron chi connectivity index (χ3n) is 3.52. The van der Waals surface area contributed by atoms with E-state index in [9.17, 15) is 9.59 Å². The summed E-state index contributed by atoms with van der Waals surface area (Å²) < 4.78 is 4.88. The van der Waals surface area contributed by atoms with Gasteiger partial charge in [0.2, 0.25) is 11.8 Å². The Labute approximate surface area is 139 Å². The summed E-state index contributed by atoms with van der Waals surface area (Å²) in [4.78, 5) is 24.8. The van der Waals surface area contributed by atoms with Crippen LogP contribution in [0.25, 0.3) is 0 Å². The van der Waals surface area contributed by atoms with Crippen molar-refractivity contribution in [3.63, 3.8) is 0 Å². The predicted octanol–water partition coefficient (Wildman–Crippen LogP) is 3.55. The number of benzene rings is 1. The van der Waals surface area contributed by atoms with E-state index in [1.54, 1.807) is 38.1 Å². The summed E-state index contributed by atoms with van der Waals surface area (Å²) in [6, 6.07) is 6.77. The van der Waals surface area contributed by atoms with Gasteiger partial charge in [-0.3, -0.25) is 9.59 Å². The van der Waals surface area contributed by atoms with E-state index < -0.39 is 17.2 Å². The van der Waals surface area contributed by atoms with Gasteiger partial charge in [0.15, 0.2) is 5.82 Å². The summed E-state index contributed by atoms with van der Waals surface area (Å²) in [5.74, 6) is -0.0898. The molecule has 1 aromatic heterocycles. The lowest BCUT2D eigenvalue weighted by atomic mass is 9.90. The molecule has 23 heavy (non-hydrogen) atoms. The number of carbonyl (C=O) groups is 2. The standard InChI is InChI=1S/C16H18ClN3O3/c1-9-8-13(20-23-9)19-15(22)16(3,4)14(21)18-12-7-5-6-11(17)10(12)2/h5-8H,1-4H3,(H,18,21)(H,19,20,22). The van der Waals surface area contributed by atoms with Crippen molar-refractivity contribution in [2.45, 2.75) is 27.7 Å². The number of hydrogen-bond acceptors (Lipinski definition) is 4. The molecule has 1 heterocycles. The van der Waals surface area contributed by atoms with Crippen LogP contribution in [0.5, 0.6) is 0 Å². The zero-order chi connectivity index (χ0) is 17.2. The second-order valence-electron chi connectivity index (χ2n) is 5.77. The maximum absolute atomic E-state index is 12.5. The van der Waals surface area contributed by atoms with E-state index in [1.165, 1.54) is 13.8 Å². The summed E-state index contributed by atoms with van der Waals surface area (Å²) in [5, 5.41) is 9.53. The average molecular weight is 336 g/mol. The maximum atomic E-state index is 12.5. The maximum Gasteiger partial charge on any atom is 0.240 e. The highest BCUT2D eigenvalue weighted by Crippen LogP contribution is 2.26. The van der Waals surface area contributed by atoms with Crippen LogP contribution in [0.3, 0.4) is 0 Å². The molecule has 0 bridgehead atoms. The van der Waals surface area contributed by atoms with Gasteiger partial charge in [0, 0.05) is 16.8 Å². The van der Waals surface area contributed by atoms with E-state index in [4.69, 9.17) is 16.1 Å². The molecule has 2 N–H and O–H groups in total. The van der Waals surface area contributed by atoms with Crippen molar-refractivity contribution in [2.75, 3.05) is 10.6 Å². The molecular weight excluding hydrogens is 318 g/mol. The highest BCUT2D eigenvalue weighted by molar-refractivity contribution is 6.31. The molecule has 0 saturated heterocycles. The molecule has 1 aromatic carbocycles. The number of hydrogen-bond donors (Lipinski definition) is 2. The fraction of sp³-hybridized carbons (Fsp3) is 0.312. The molecule has 0 radical (unpaired) electrons. The Hall–Kier alpha value is -2.34. The van der Waals surface area contributed by atoms with Gasteiger partial charge in [-0.2, -0.15) is 0 Å². The Morgan fingerprint density at radius 2 is 1.83 bits per heavy atom. The van der Waals surface area contributed by atoms with Gasteiger partial charge in [0.25, 0.3) is 0 Å². The molecule has 122 valence electrons. The molecule has 0 atom stereocenters. The third-order valence-corrected chi connectivity index (χ3v) is 3.93. The minimum absolute atomic E-state index is 0.271. The normalized spacial score (nSPS) is 11.2. The van der Waals surface area contributed by atoms with Gasteiger partial charge >= 0.3 is 0 Å². The molecule has 0 saturated carbocycles. The number of nitrogens with zero attached hydrogens (tertiary/aromatic N) is 1. The number of nitrogens with one attached hydrogen (secondary N) is 2.